The Kier molecular flexibility index (Phi) is 21.2. The summed E-state index contributed by atoms with van der Waals surface area (Å²) in [5.74, 6) is 0. The van der Waals surface area contributed by atoms with Gasteiger partial charge in [-0.05, 0) is 71.0 Å². The fourth-order valence-electron chi connectivity index (χ4n) is 5.99. The maximum atomic E-state index is 8.45. The summed E-state index contributed by atoms with van der Waals surface area (Å²) in [6, 6.07) is 2.51. The zero-order chi connectivity index (χ0) is 28.9. The van der Waals surface area contributed by atoms with E-state index < -0.39 is 16.6 Å². The third-order valence-electron chi connectivity index (χ3n) is 8.47. The van der Waals surface area contributed by atoms with Gasteiger partial charge in [0.1, 0.15) is 0 Å². The van der Waals surface area contributed by atoms with E-state index in [1.54, 1.807) is 0 Å². The molecule has 0 saturated heterocycles. The molecule has 0 spiro atoms. The first kappa shape index (κ1) is 37.0. The van der Waals surface area contributed by atoms with Gasteiger partial charge < -0.3 is 8.85 Å². The van der Waals surface area contributed by atoms with E-state index in [0.29, 0.717) is 35.3 Å². The molecule has 0 radical (unpaired) electrons. The van der Waals surface area contributed by atoms with Crippen LogP contribution in [0.5, 0.6) is 0 Å². The van der Waals surface area contributed by atoms with Gasteiger partial charge in [0.25, 0.3) is 0 Å². The molecule has 0 fully saturated rings. The molecule has 38 heavy (non-hydrogen) atoms. The predicted octanol–water partition coefficient (Wildman–Crippen LogP) is 11.1. The molecule has 0 atom stereocenters. The van der Waals surface area contributed by atoms with Gasteiger partial charge in [-0.1, -0.05) is 104 Å². The van der Waals surface area contributed by atoms with E-state index in [0.717, 1.165) is 45.3 Å². The Balaban J connectivity index is 4.62. The lowest BCUT2D eigenvalue weighted by Crippen LogP contribution is -2.45. The largest absolute Gasteiger partial charge is 0.416 e. The minimum Gasteiger partial charge on any atom is -0.416 e. The molecule has 0 aromatic rings. The summed E-state index contributed by atoms with van der Waals surface area (Å²) in [6.07, 6.45) is 11.4. The van der Waals surface area contributed by atoms with Crippen LogP contribution in [-0.2, 0) is 8.85 Å². The Labute approximate surface area is 236 Å². The topological polar surface area (TPSA) is 116 Å². The molecule has 222 valence electrons. The van der Waals surface area contributed by atoms with Gasteiger partial charge >= 0.3 is 0 Å². The number of azide groups is 2. The van der Waals surface area contributed by atoms with Crippen LogP contribution in [0.3, 0.4) is 0 Å². The van der Waals surface area contributed by atoms with E-state index in [1.165, 1.54) is 44.2 Å². The minimum atomic E-state index is -1.82. The van der Waals surface area contributed by atoms with Gasteiger partial charge in [0.15, 0.2) is 16.6 Å². The molecule has 0 aliphatic rings. The Morgan fingerprint density at radius 1 is 0.500 bits per heavy atom. The highest BCUT2D eigenvalue weighted by molar-refractivity contribution is 6.76. The summed E-state index contributed by atoms with van der Waals surface area (Å²) in [5, 5.41) is 7.28. The maximum absolute atomic E-state index is 8.45. The molecule has 0 aromatic carbocycles. The summed E-state index contributed by atoms with van der Waals surface area (Å²) < 4.78 is 13.5. The third kappa shape index (κ3) is 13.9. The van der Waals surface area contributed by atoms with Gasteiger partial charge in [0.05, 0.1) is 0 Å². The van der Waals surface area contributed by atoms with E-state index in [4.69, 9.17) is 19.9 Å². The summed E-state index contributed by atoms with van der Waals surface area (Å²) in [6.45, 7) is 21.7. The van der Waals surface area contributed by atoms with Crippen LogP contribution in [0.15, 0.2) is 10.2 Å². The third-order valence-corrected chi connectivity index (χ3v) is 20.0. The molecule has 0 bridgehead atoms. The number of hydrogen-bond donors (Lipinski definition) is 0. The van der Waals surface area contributed by atoms with Gasteiger partial charge in [-0.25, -0.2) is 0 Å². The van der Waals surface area contributed by atoms with Gasteiger partial charge in [-0.3, -0.25) is 0 Å². The zero-order valence-corrected chi connectivity index (χ0v) is 28.1. The van der Waals surface area contributed by atoms with Crippen LogP contribution >= 0.6 is 0 Å². The van der Waals surface area contributed by atoms with E-state index in [-0.39, 0.29) is 0 Å². The Morgan fingerprint density at radius 2 is 0.816 bits per heavy atom. The standard InChI is InChI=1S/C28H60N6O2Si2/c1-25(2)37(26(3)4,35-21-15-12-13-19-31-33-29)23-17-10-9-11-18-24-38(27(5)6,28(7)8)36-22-16-14-20-32-34-30/h25-28H,9-24H2,1-8H3. The molecule has 0 saturated carbocycles. The summed E-state index contributed by atoms with van der Waals surface area (Å²) in [5.41, 5.74) is 19.3. The highest BCUT2D eigenvalue weighted by Gasteiger charge is 2.42. The van der Waals surface area contributed by atoms with Gasteiger partial charge in [-0.2, -0.15) is 0 Å². The first-order valence-electron chi connectivity index (χ1n) is 15.4. The Bertz CT molecular complexity index is 677. The average molecular weight is 569 g/mol. The molecule has 0 N–H and O–H groups in total. The van der Waals surface area contributed by atoms with Crippen molar-refractivity contribution in [2.75, 3.05) is 26.3 Å². The smallest absolute Gasteiger partial charge is 0.197 e. The average Bonchev–Trinajstić information content (AvgIpc) is 2.86. The first-order chi connectivity index (χ1) is 18.1. The molecular formula is C28H60N6O2Si2. The van der Waals surface area contributed by atoms with Crippen LogP contribution in [0.1, 0.15) is 120 Å². The summed E-state index contributed by atoms with van der Waals surface area (Å²) in [7, 11) is -3.62. The van der Waals surface area contributed by atoms with Crippen molar-refractivity contribution in [3.05, 3.63) is 20.9 Å². The highest BCUT2D eigenvalue weighted by Crippen LogP contribution is 2.40. The molecule has 0 aliphatic carbocycles. The van der Waals surface area contributed by atoms with Crippen molar-refractivity contribution in [2.45, 2.75) is 154 Å². The summed E-state index contributed by atoms with van der Waals surface area (Å²) in [4.78, 5) is 5.68. The van der Waals surface area contributed by atoms with E-state index in [1.807, 2.05) is 0 Å². The van der Waals surface area contributed by atoms with Gasteiger partial charge in [0.2, 0.25) is 0 Å². The SMILES string of the molecule is CC(C)[Si](CCCCCCC[Si](OCCCCN=[N+]=[N-])(C(C)C)C(C)C)(OCCCCCN=[N+]=[N-])C(C)C. The molecular weight excluding hydrogens is 509 g/mol. The van der Waals surface area contributed by atoms with Crippen LogP contribution in [0.2, 0.25) is 34.3 Å². The number of unbranched alkanes of at least 4 members (excludes halogenated alkanes) is 7. The fourth-order valence-corrected chi connectivity index (χ4v) is 15.2. The lowest BCUT2D eigenvalue weighted by molar-refractivity contribution is 0.273. The van der Waals surface area contributed by atoms with Crippen molar-refractivity contribution in [3.8, 4) is 0 Å². The fraction of sp³-hybridized carbons (Fsp3) is 1.00. The van der Waals surface area contributed by atoms with Crippen molar-refractivity contribution in [2.24, 2.45) is 10.2 Å². The van der Waals surface area contributed by atoms with Crippen molar-refractivity contribution in [3.63, 3.8) is 0 Å². The molecule has 0 unspecified atom stereocenters. The lowest BCUT2D eigenvalue weighted by Gasteiger charge is -2.39. The molecule has 0 aliphatic heterocycles. The second-order valence-corrected chi connectivity index (χ2v) is 22.2. The van der Waals surface area contributed by atoms with Gasteiger partial charge in [0, 0.05) is 36.1 Å². The molecule has 0 amide bonds. The van der Waals surface area contributed by atoms with E-state index >= 15 is 0 Å². The number of nitrogens with zero attached hydrogens (tertiary/aromatic N) is 6. The molecule has 0 rings (SSSR count). The van der Waals surface area contributed by atoms with Crippen LogP contribution in [0.4, 0.5) is 0 Å². The molecule has 0 heterocycles. The lowest BCUT2D eigenvalue weighted by atomic mass is 10.2. The van der Waals surface area contributed by atoms with E-state index in [2.05, 4.69) is 75.4 Å². The quantitative estimate of drug-likeness (QED) is 0.0358. The second-order valence-electron chi connectivity index (χ2n) is 12.2. The van der Waals surface area contributed by atoms with Gasteiger partial charge in [-0.15, -0.1) is 0 Å². The molecule has 8 nitrogen and oxygen atoms in total. The molecule has 10 heteroatoms. The van der Waals surface area contributed by atoms with E-state index in [9.17, 15) is 0 Å². The summed E-state index contributed by atoms with van der Waals surface area (Å²) >= 11 is 0. The minimum absolute atomic E-state index is 0.569. The van der Waals surface area contributed by atoms with Crippen molar-refractivity contribution in [1.29, 1.82) is 0 Å². The Hall–Kier alpha value is -1.03. The molecule has 0 aromatic heterocycles. The normalized spacial score (nSPS) is 12.4. The monoisotopic (exact) mass is 568 g/mol. The van der Waals surface area contributed by atoms with Crippen LogP contribution in [0, 0.1) is 0 Å². The van der Waals surface area contributed by atoms with Crippen molar-refractivity contribution in [1.82, 2.24) is 0 Å². The van der Waals surface area contributed by atoms with Crippen LogP contribution in [-0.4, -0.2) is 42.9 Å². The Morgan fingerprint density at radius 3 is 1.18 bits per heavy atom. The predicted molar refractivity (Wildman–Crippen MR) is 168 cm³/mol. The number of hydrogen-bond acceptors (Lipinski definition) is 4. The van der Waals surface area contributed by atoms with Crippen LogP contribution in [0.25, 0.3) is 20.9 Å². The maximum Gasteiger partial charge on any atom is 0.197 e. The van der Waals surface area contributed by atoms with Crippen LogP contribution < -0.4 is 0 Å². The van der Waals surface area contributed by atoms with Crippen molar-refractivity contribution >= 4 is 16.6 Å². The van der Waals surface area contributed by atoms with Crippen molar-refractivity contribution < 1.29 is 8.85 Å². The zero-order valence-electron chi connectivity index (χ0n) is 26.1. The highest BCUT2D eigenvalue weighted by atomic mass is 28.4. The second kappa shape index (κ2) is 21.8. The first-order valence-corrected chi connectivity index (χ1v) is 19.9. The number of rotatable bonds is 25.